The molecule has 0 radical (unpaired) electrons. The third kappa shape index (κ3) is 3.64. The van der Waals surface area contributed by atoms with Crippen LogP contribution in [0.2, 0.25) is 0 Å². The van der Waals surface area contributed by atoms with Crippen molar-refractivity contribution in [3.8, 4) is 0 Å². The van der Waals surface area contributed by atoms with Gasteiger partial charge in [-0.3, -0.25) is 0 Å². The fourth-order valence-electron chi connectivity index (χ4n) is 3.74. The van der Waals surface area contributed by atoms with Crippen LogP contribution in [0.25, 0.3) is 0 Å². The molecule has 0 aromatic rings. The molecule has 3 heteroatoms. The minimum absolute atomic E-state index is 0.0820. The molecule has 0 spiro atoms. The van der Waals surface area contributed by atoms with Gasteiger partial charge >= 0.3 is 0 Å². The number of hydrogen-bond donors (Lipinski definition) is 1. The molecule has 1 aliphatic carbocycles. The van der Waals surface area contributed by atoms with Gasteiger partial charge in [-0.1, -0.05) is 13.8 Å². The molecule has 1 heterocycles. The van der Waals surface area contributed by atoms with E-state index in [1.165, 1.54) is 25.3 Å². The van der Waals surface area contributed by atoms with Crippen LogP contribution in [0.1, 0.15) is 40.5 Å². The standard InChI is InChI=1S/C15H29NOS/c1-11-7-12(2)13(14(17)8-11)9-16-5-6-18-15(3,4)10-16/h11-14,17H,5-10H2,1-4H3. The molecule has 18 heavy (non-hydrogen) atoms. The predicted molar refractivity (Wildman–Crippen MR) is 80.0 cm³/mol. The van der Waals surface area contributed by atoms with E-state index in [9.17, 15) is 5.11 Å². The summed E-state index contributed by atoms with van der Waals surface area (Å²) in [7, 11) is 0. The van der Waals surface area contributed by atoms with Gasteiger partial charge in [0.15, 0.2) is 0 Å². The van der Waals surface area contributed by atoms with E-state index in [4.69, 9.17) is 0 Å². The summed E-state index contributed by atoms with van der Waals surface area (Å²) < 4.78 is 0.383. The van der Waals surface area contributed by atoms with Crippen LogP contribution in [0.3, 0.4) is 0 Å². The fourth-order valence-corrected chi connectivity index (χ4v) is 4.92. The summed E-state index contributed by atoms with van der Waals surface area (Å²) in [5, 5.41) is 10.3. The average Bonchev–Trinajstić information content (AvgIpc) is 2.22. The van der Waals surface area contributed by atoms with Gasteiger partial charge < -0.3 is 10.0 Å². The number of rotatable bonds is 2. The second-order valence-electron chi connectivity index (χ2n) is 7.13. The molecule has 1 aliphatic heterocycles. The quantitative estimate of drug-likeness (QED) is 0.835. The van der Waals surface area contributed by atoms with E-state index < -0.39 is 0 Å². The monoisotopic (exact) mass is 271 g/mol. The normalized spacial score (nSPS) is 41.8. The maximum absolute atomic E-state index is 10.3. The largest absolute Gasteiger partial charge is 0.393 e. The fraction of sp³-hybridized carbons (Fsp3) is 1.00. The Morgan fingerprint density at radius 2 is 2.00 bits per heavy atom. The molecule has 0 aromatic heterocycles. The van der Waals surface area contributed by atoms with Gasteiger partial charge in [0.05, 0.1) is 6.10 Å². The maximum Gasteiger partial charge on any atom is 0.0585 e. The van der Waals surface area contributed by atoms with Crippen molar-refractivity contribution < 1.29 is 5.11 Å². The molecule has 0 amide bonds. The van der Waals surface area contributed by atoms with Crippen molar-refractivity contribution in [1.29, 1.82) is 0 Å². The molecule has 2 aliphatic rings. The summed E-state index contributed by atoms with van der Waals surface area (Å²) in [5.41, 5.74) is 0. The van der Waals surface area contributed by atoms with Crippen molar-refractivity contribution in [1.82, 2.24) is 4.90 Å². The highest BCUT2D eigenvalue weighted by Crippen LogP contribution is 2.36. The Morgan fingerprint density at radius 1 is 1.28 bits per heavy atom. The molecule has 106 valence electrons. The van der Waals surface area contributed by atoms with Crippen LogP contribution in [-0.2, 0) is 0 Å². The van der Waals surface area contributed by atoms with Gasteiger partial charge in [-0.2, -0.15) is 11.8 Å². The second kappa shape index (κ2) is 5.72. The summed E-state index contributed by atoms with van der Waals surface area (Å²) in [6.07, 6.45) is 2.20. The number of thioether (sulfide) groups is 1. The number of aliphatic hydroxyl groups excluding tert-OH is 1. The Kier molecular flexibility index (Phi) is 4.66. The van der Waals surface area contributed by atoms with Crippen LogP contribution in [0.15, 0.2) is 0 Å². The zero-order chi connectivity index (χ0) is 13.3. The van der Waals surface area contributed by atoms with Gasteiger partial charge in [0.25, 0.3) is 0 Å². The maximum atomic E-state index is 10.3. The van der Waals surface area contributed by atoms with Gasteiger partial charge in [-0.25, -0.2) is 0 Å². The van der Waals surface area contributed by atoms with Crippen LogP contribution in [0, 0.1) is 17.8 Å². The van der Waals surface area contributed by atoms with Crippen molar-refractivity contribution in [3.63, 3.8) is 0 Å². The molecule has 2 rings (SSSR count). The van der Waals surface area contributed by atoms with Crippen molar-refractivity contribution in [2.24, 2.45) is 17.8 Å². The van der Waals surface area contributed by atoms with E-state index in [2.05, 4.69) is 44.4 Å². The lowest BCUT2D eigenvalue weighted by atomic mass is 9.73. The van der Waals surface area contributed by atoms with E-state index in [1.807, 2.05) is 0 Å². The van der Waals surface area contributed by atoms with Crippen LogP contribution >= 0.6 is 11.8 Å². The van der Waals surface area contributed by atoms with E-state index in [1.54, 1.807) is 0 Å². The van der Waals surface area contributed by atoms with E-state index in [0.29, 0.717) is 22.5 Å². The summed E-state index contributed by atoms with van der Waals surface area (Å²) in [4.78, 5) is 2.58. The van der Waals surface area contributed by atoms with Crippen LogP contribution in [-0.4, -0.2) is 46.2 Å². The van der Waals surface area contributed by atoms with Gasteiger partial charge in [0, 0.05) is 36.1 Å². The minimum atomic E-state index is -0.0820. The van der Waals surface area contributed by atoms with Crippen LogP contribution in [0.4, 0.5) is 0 Å². The van der Waals surface area contributed by atoms with E-state index in [-0.39, 0.29) is 6.10 Å². The highest BCUT2D eigenvalue weighted by Gasteiger charge is 2.36. The number of nitrogens with zero attached hydrogens (tertiary/aromatic N) is 1. The minimum Gasteiger partial charge on any atom is -0.393 e. The molecule has 2 nitrogen and oxygen atoms in total. The lowest BCUT2D eigenvalue weighted by Crippen LogP contribution is -2.49. The molecule has 4 unspecified atom stereocenters. The number of aliphatic hydroxyl groups is 1. The van der Waals surface area contributed by atoms with Crippen LogP contribution in [0.5, 0.6) is 0 Å². The SMILES string of the molecule is CC1CC(C)C(CN2CCSC(C)(C)C2)C(O)C1. The van der Waals surface area contributed by atoms with Crippen LogP contribution < -0.4 is 0 Å². The Balaban J connectivity index is 1.92. The average molecular weight is 271 g/mol. The molecule has 1 N–H and O–H groups in total. The first-order valence-corrected chi connectivity index (χ1v) is 8.40. The molecule has 2 fully saturated rings. The third-order valence-corrected chi connectivity index (χ3v) is 5.91. The molecular formula is C15H29NOS. The van der Waals surface area contributed by atoms with E-state index in [0.717, 1.165) is 13.0 Å². The molecule has 4 atom stereocenters. The Hall–Kier alpha value is 0.270. The van der Waals surface area contributed by atoms with Crippen molar-refractivity contribution >= 4 is 11.8 Å². The first-order valence-electron chi connectivity index (χ1n) is 7.42. The summed E-state index contributed by atoms with van der Waals surface area (Å²) in [6.45, 7) is 12.7. The van der Waals surface area contributed by atoms with Gasteiger partial charge in [0.1, 0.15) is 0 Å². The molecule has 1 saturated heterocycles. The Morgan fingerprint density at radius 3 is 2.61 bits per heavy atom. The lowest BCUT2D eigenvalue weighted by molar-refractivity contribution is -0.00259. The summed E-state index contributed by atoms with van der Waals surface area (Å²) in [5.74, 6) is 3.08. The summed E-state index contributed by atoms with van der Waals surface area (Å²) in [6, 6.07) is 0. The zero-order valence-corrected chi connectivity index (χ0v) is 13.2. The van der Waals surface area contributed by atoms with E-state index >= 15 is 0 Å². The van der Waals surface area contributed by atoms with Gasteiger partial charge in [-0.15, -0.1) is 0 Å². The highest BCUT2D eigenvalue weighted by atomic mass is 32.2. The highest BCUT2D eigenvalue weighted by molar-refractivity contribution is 8.00. The van der Waals surface area contributed by atoms with Gasteiger partial charge in [-0.05, 0) is 38.5 Å². The Labute approximate surface area is 117 Å². The smallest absolute Gasteiger partial charge is 0.0585 e. The third-order valence-electron chi connectivity index (χ3n) is 4.62. The Bertz CT molecular complexity index is 270. The topological polar surface area (TPSA) is 23.5 Å². The van der Waals surface area contributed by atoms with Gasteiger partial charge in [0.2, 0.25) is 0 Å². The van der Waals surface area contributed by atoms with Crippen molar-refractivity contribution in [3.05, 3.63) is 0 Å². The van der Waals surface area contributed by atoms with Crippen molar-refractivity contribution in [2.75, 3.05) is 25.4 Å². The first kappa shape index (κ1) is 14.7. The predicted octanol–water partition coefficient (Wildman–Crippen LogP) is 2.86. The molecule has 0 bridgehead atoms. The molecule has 1 saturated carbocycles. The molecular weight excluding hydrogens is 242 g/mol. The second-order valence-corrected chi connectivity index (χ2v) is 8.93. The first-order chi connectivity index (χ1) is 8.37. The summed E-state index contributed by atoms with van der Waals surface area (Å²) >= 11 is 2.08. The zero-order valence-electron chi connectivity index (χ0n) is 12.4. The van der Waals surface area contributed by atoms with Crippen molar-refractivity contribution in [2.45, 2.75) is 51.4 Å². The number of hydrogen-bond acceptors (Lipinski definition) is 3. The molecule has 0 aromatic carbocycles. The lowest BCUT2D eigenvalue weighted by Gasteiger charge is -2.43.